The van der Waals surface area contributed by atoms with Crippen molar-refractivity contribution in [2.75, 3.05) is 10.8 Å². The number of rotatable bonds is 7. The molecule has 1 aromatic heterocycles. The van der Waals surface area contributed by atoms with Gasteiger partial charge in [0.05, 0.1) is 22.0 Å². The summed E-state index contributed by atoms with van der Waals surface area (Å²) in [5.41, 5.74) is 5.18. The van der Waals surface area contributed by atoms with E-state index in [1.165, 1.54) is 46.0 Å². The number of anilines is 1. The first-order valence-corrected chi connectivity index (χ1v) is 11.2. The van der Waals surface area contributed by atoms with Gasteiger partial charge < -0.3 is 0 Å². The second-order valence-electron chi connectivity index (χ2n) is 6.07. The largest absolute Gasteiger partial charge is 0.279 e. The van der Waals surface area contributed by atoms with Gasteiger partial charge in [-0.05, 0) is 41.8 Å². The highest BCUT2D eigenvalue weighted by molar-refractivity contribution is 7.92. The first-order valence-electron chi connectivity index (χ1n) is 8.86. The molecule has 0 aliphatic carbocycles. The van der Waals surface area contributed by atoms with Crippen molar-refractivity contribution in [3.05, 3.63) is 95.2 Å². The number of carbonyl (C=O) groups excluding carboxylic acids is 2. The van der Waals surface area contributed by atoms with E-state index < -0.39 is 21.8 Å². The minimum atomic E-state index is -3.94. The van der Waals surface area contributed by atoms with Gasteiger partial charge in [0.1, 0.15) is 0 Å². The summed E-state index contributed by atoms with van der Waals surface area (Å²) in [7, 11) is -3.94. The number of benzene rings is 2. The molecule has 0 saturated heterocycles. The van der Waals surface area contributed by atoms with Gasteiger partial charge in [0.25, 0.3) is 21.8 Å². The summed E-state index contributed by atoms with van der Waals surface area (Å²) in [5.74, 6) is -1.09. The fourth-order valence-electron chi connectivity index (χ4n) is 2.63. The van der Waals surface area contributed by atoms with Crippen LogP contribution in [0.1, 0.15) is 20.0 Å². The maximum absolute atomic E-state index is 13.2. The lowest BCUT2D eigenvalue weighted by atomic mass is 10.2. The summed E-state index contributed by atoms with van der Waals surface area (Å²) < 4.78 is 27.6. The number of hydrogen-bond acceptors (Lipinski definition) is 5. The Balaban J connectivity index is 1.81. The molecule has 30 heavy (non-hydrogen) atoms. The van der Waals surface area contributed by atoms with Crippen LogP contribution in [0.2, 0.25) is 0 Å². The van der Waals surface area contributed by atoms with Gasteiger partial charge in [0.2, 0.25) is 0 Å². The van der Waals surface area contributed by atoms with Gasteiger partial charge in [0.15, 0.2) is 0 Å². The Hall–Kier alpha value is -3.43. The lowest BCUT2D eigenvalue weighted by molar-refractivity contribution is 0.0849. The van der Waals surface area contributed by atoms with E-state index in [1.54, 1.807) is 47.8 Å². The van der Waals surface area contributed by atoms with Crippen molar-refractivity contribution in [2.45, 2.75) is 4.90 Å². The Morgan fingerprint density at radius 3 is 2.37 bits per heavy atom. The van der Waals surface area contributed by atoms with Gasteiger partial charge in [0, 0.05) is 5.56 Å². The Bertz CT molecular complexity index is 1140. The molecular weight excluding hydrogens is 422 g/mol. The number of amides is 2. The molecule has 3 aromatic rings. The van der Waals surface area contributed by atoms with Gasteiger partial charge in [-0.2, -0.15) is 0 Å². The van der Waals surface area contributed by atoms with E-state index in [-0.39, 0.29) is 17.0 Å². The highest BCUT2D eigenvalue weighted by atomic mass is 32.2. The van der Waals surface area contributed by atoms with E-state index in [4.69, 9.17) is 0 Å². The zero-order valence-corrected chi connectivity index (χ0v) is 17.4. The minimum Gasteiger partial charge on any atom is -0.267 e. The van der Waals surface area contributed by atoms with Crippen LogP contribution in [0.15, 0.2) is 89.7 Å². The quantitative estimate of drug-likeness (QED) is 0.435. The van der Waals surface area contributed by atoms with Crippen molar-refractivity contribution in [3.8, 4) is 0 Å². The van der Waals surface area contributed by atoms with Crippen molar-refractivity contribution in [2.24, 2.45) is 0 Å². The third-order valence-corrected chi connectivity index (χ3v) is 6.72. The standard InChI is InChI=1S/C21H19N3O4S2/c1-2-13-24(17-9-4-3-5-10-17)30(27,28)18-11-6-8-16(15-18)20(25)22-23-21(26)19-12-7-14-29-19/h2-12,14-15H,1,13H2,(H,22,25)(H,23,26). The molecule has 0 aliphatic rings. The van der Waals surface area contributed by atoms with Gasteiger partial charge >= 0.3 is 0 Å². The maximum atomic E-state index is 13.2. The van der Waals surface area contributed by atoms with E-state index in [0.29, 0.717) is 10.6 Å². The van der Waals surface area contributed by atoms with E-state index >= 15 is 0 Å². The number of para-hydroxylation sites is 1. The van der Waals surface area contributed by atoms with Crippen LogP contribution in [-0.2, 0) is 10.0 Å². The number of hydrazine groups is 1. The molecule has 2 aromatic carbocycles. The van der Waals surface area contributed by atoms with E-state index in [9.17, 15) is 18.0 Å². The van der Waals surface area contributed by atoms with Gasteiger partial charge in [-0.15, -0.1) is 17.9 Å². The molecule has 2 amide bonds. The molecule has 0 spiro atoms. The fraction of sp³-hybridized carbons (Fsp3) is 0.0476. The smallest absolute Gasteiger partial charge is 0.267 e. The Morgan fingerprint density at radius 1 is 0.967 bits per heavy atom. The van der Waals surface area contributed by atoms with Crippen LogP contribution < -0.4 is 15.2 Å². The second-order valence-corrected chi connectivity index (χ2v) is 8.88. The minimum absolute atomic E-state index is 0.0505. The first-order chi connectivity index (χ1) is 14.4. The predicted molar refractivity (Wildman–Crippen MR) is 117 cm³/mol. The topological polar surface area (TPSA) is 95.6 Å². The Morgan fingerprint density at radius 2 is 1.70 bits per heavy atom. The van der Waals surface area contributed by atoms with E-state index in [2.05, 4.69) is 17.4 Å². The van der Waals surface area contributed by atoms with Crippen molar-refractivity contribution in [3.63, 3.8) is 0 Å². The van der Waals surface area contributed by atoms with Gasteiger partial charge in [-0.3, -0.25) is 24.7 Å². The molecular formula is C21H19N3O4S2. The molecule has 1 heterocycles. The molecule has 7 nitrogen and oxygen atoms in total. The highest BCUT2D eigenvalue weighted by Gasteiger charge is 2.25. The molecule has 0 aliphatic heterocycles. The summed E-state index contributed by atoms with van der Waals surface area (Å²) in [6.07, 6.45) is 1.49. The number of thiophene rings is 1. The molecule has 0 saturated carbocycles. The van der Waals surface area contributed by atoms with Gasteiger partial charge in [-0.25, -0.2) is 8.42 Å². The number of carbonyl (C=O) groups is 2. The zero-order chi connectivity index (χ0) is 21.6. The van der Waals surface area contributed by atoms with Crippen LogP contribution in [0.25, 0.3) is 0 Å². The number of nitrogens with zero attached hydrogens (tertiary/aromatic N) is 1. The average Bonchev–Trinajstić information content (AvgIpc) is 3.31. The fourth-order valence-corrected chi connectivity index (χ4v) is 4.73. The Labute approximate surface area is 178 Å². The third kappa shape index (κ3) is 4.76. The first kappa shape index (κ1) is 21.3. The van der Waals surface area contributed by atoms with Crippen molar-refractivity contribution in [1.29, 1.82) is 0 Å². The molecule has 9 heteroatoms. The molecule has 0 bridgehead atoms. The SMILES string of the molecule is C=CCN(c1ccccc1)S(=O)(=O)c1cccc(C(=O)NNC(=O)c2cccs2)c1. The number of hydrogen-bond donors (Lipinski definition) is 2. The summed E-state index contributed by atoms with van der Waals surface area (Å²) in [6, 6.07) is 17.6. The normalized spacial score (nSPS) is 10.8. The number of nitrogens with one attached hydrogen (secondary N) is 2. The Kier molecular flexibility index (Phi) is 6.65. The summed E-state index contributed by atoms with van der Waals surface area (Å²) in [5, 5.41) is 1.74. The van der Waals surface area contributed by atoms with Crippen LogP contribution in [-0.4, -0.2) is 26.8 Å². The van der Waals surface area contributed by atoms with Crippen LogP contribution in [0, 0.1) is 0 Å². The molecule has 0 fully saturated rings. The average molecular weight is 442 g/mol. The summed E-state index contributed by atoms with van der Waals surface area (Å²) in [4.78, 5) is 24.8. The third-order valence-electron chi connectivity index (χ3n) is 4.06. The monoisotopic (exact) mass is 441 g/mol. The van der Waals surface area contributed by atoms with Gasteiger partial charge in [-0.1, -0.05) is 36.4 Å². The predicted octanol–water partition coefficient (Wildman–Crippen LogP) is 3.20. The summed E-state index contributed by atoms with van der Waals surface area (Å²) in [6.45, 7) is 3.70. The molecule has 3 rings (SSSR count). The van der Waals surface area contributed by atoms with Crippen LogP contribution >= 0.6 is 11.3 Å². The molecule has 154 valence electrons. The molecule has 0 unspecified atom stereocenters. The lowest BCUT2D eigenvalue weighted by Crippen LogP contribution is -2.41. The molecule has 0 radical (unpaired) electrons. The maximum Gasteiger partial charge on any atom is 0.279 e. The van der Waals surface area contributed by atoms with Crippen LogP contribution in [0.4, 0.5) is 5.69 Å². The number of sulfonamides is 1. The van der Waals surface area contributed by atoms with E-state index in [0.717, 1.165) is 0 Å². The van der Waals surface area contributed by atoms with Crippen LogP contribution in [0.5, 0.6) is 0 Å². The lowest BCUT2D eigenvalue weighted by Gasteiger charge is -2.23. The van der Waals surface area contributed by atoms with Crippen molar-refractivity contribution < 1.29 is 18.0 Å². The molecule has 2 N–H and O–H groups in total. The highest BCUT2D eigenvalue weighted by Crippen LogP contribution is 2.24. The zero-order valence-electron chi connectivity index (χ0n) is 15.8. The molecule has 0 atom stereocenters. The van der Waals surface area contributed by atoms with E-state index in [1.807, 2.05) is 0 Å². The second kappa shape index (κ2) is 9.38. The van der Waals surface area contributed by atoms with Crippen molar-refractivity contribution in [1.82, 2.24) is 10.9 Å². The summed E-state index contributed by atoms with van der Waals surface area (Å²) >= 11 is 1.23. The van der Waals surface area contributed by atoms with Crippen molar-refractivity contribution >= 4 is 38.9 Å². The van der Waals surface area contributed by atoms with Crippen LogP contribution in [0.3, 0.4) is 0 Å².